The van der Waals surface area contributed by atoms with Crippen LogP contribution in [-0.4, -0.2) is 5.91 Å². The minimum Gasteiger partial charge on any atom is -0.397 e. The number of hydrogen-bond donors (Lipinski definition) is 2. The minimum atomic E-state index is 0.000301. The number of aryl methyl sites for hydroxylation is 1. The molecule has 0 radical (unpaired) electrons. The average molecular weight is 282 g/mol. The molecule has 3 nitrogen and oxygen atoms in total. The number of nitrogens with one attached hydrogen (secondary N) is 1. The van der Waals surface area contributed by atoms with E-state index in [0.29, 0.717) is 17.8 Å². The van der Waals surface area contributed by atoms with Crippen LogP contribution in [0.2, 0.25) is 0 Å². The Hall–Kier alpha value is -2.29. The maximum Gasteiger partial charge on any atom is 0.225 e. The van der Waals surface area contributed by atoms with Gasteiger partial charge in [0.1, 0.15) is 0 Å². The molecule has 0 saturated carbocycles. The van der Waals surface area contributed by atoms with Crippen molar-refractivity contribution < 1.29 is 4.79 Å². The minimum absolute atomic E-state index is 0.000301. The summed E-state index contributed by atoms with van der Waals surface area (Å²) >= 11 is 0. The van der Waals surface area contributed by atoms with Gasteiger partial charge in [-0.05, 0) is 37.0 Å². The molecule has 1 atom stereocenters. The Balaban J connectivity index is 2.03. The van der Waals surface area contributed by atoms with Crippen molar-refractivity contribution in [3.8, 4) is 0 Å². The zero-order valence-electron chi connectivity index (χ0n) is 12.6. The molecule has 2 aromatic carbocycles. The molecule has 1 amide bonds. The molecule has 0 aliphatic rings. The molecule has 0 aromatic heterocycles. The summed E-state index contributed by atoms with van der Waals surface area (Å²) < 4.78 is 0. The van der Waals surface area contributed by atoms with E-state index in [1.54, 1.807) is 6.07 Å². The molecule has 3 N–H and O–H groups in total. The molecule has 2 rings (SSSR count). The molecule has 21 heavy (non-hydrogen) atoms. The van der Waals surface area contributed by atoms with Gasteiger partial charge in [0, 0.05) is 6.42 Å². The second-order valence-corrected chi connectivity index (χ2v) is 5.36. The van der Waals surface area contributed by atoms with Gasteiger partial charge >= 0.3 is 0 Å². The maximum atomic E-state index is 12.2. The first-order valence-corrected chi connectivity index (χ1v) is 7.31. The molecule has 110 valence electrons. The highest BCUT2D eigenvalue weighted by molar-refractivity contribution is 5.94. The van der Waals surface area contributed by atoms with Gasteiger partial charge in [0.05, 0.1) is 11.4 Å². The van der Waals surface area contributed by atoms with Gasteiger partial charge in [0.2, 0.25) is 5.91 Å². The lowest BCUT2D eigenvalue weighted by molar-refractivity contribution is -0.116. The molecule has 0 spiro atoms. The van der Waals surface area contributed by atoms with Crippen molar-refractivity contribution in [3.63, 3.8) is 0 Å². The number of amides is 1. The first kappa shape index (κ1) is 15.1. The van der Waals surface area contributed by atoms with Gasteiger partial charge in [0.15, 0.2) is 0 Å². The van der Waals surface area contributed by atoms with Gasteiger partial charge in [-0.1, -0.05) is 48.9 Å². The largest absolute Gasteiger partial charge is 0.397 e. The van der Waals surface area contributed by atoms with Crippen LogP contribution in [-0.2, 0) is 4.79 Å². The smallest absolute Gasteiger partial charge is 0.225 e. The molecular formula is C18H22N2O. The Morgan fingerprint density at radius 1 is 1.14 bits per heavy atom. The number of hydrogen-bond acceptors (Lipinski definition) is 2. The Morgan fingerprint density at radius 3 is 2.43 bits per heavy atom. The van der Waals surface area contributed by atoms with Crippen molar-refractivity contribution >= 4 is 17.3 Å². The number of benzene rings is 2. The van der Waals surface area contributed by atoms with Crippen LogP contribution in [0.1, 0.15) is 36.8 Å². The zero-order chi connectivity index (χ0) is 15.2. The van der Waals surface area contributed by atoms with E-state index in [4.69, 9.17) is 5.73 Å². The van der Waals surface area contributed by atoms with E-state index in [1.165, 1.54) is 11.1 Å². The summed E-state index contributed by atoms with van der Waals surface area (Å²) in [4.78, 5) is 12.2. The molecule has 0 bridgehead atoms. The third kappa shape index (κ3) is 4.09. The van der Waals surface area contributed by atoms with Crippen LogP contribution >= 0.6 is 0 Å². The highest BCUT2D eigenvalue weighted by atomic mass is 16.1. The van der Waals surface area contributed by atoms with Crippen molar-refractivity contribution in [3.05, 3.63) is 59.7 Å². The summed E-state index contributed by atoms with van der Waals surface area (Å²) in [6.45, 7) is 4.17. The van der Waals surface area contributed by atoms with Crippen molar-refractivity contribution in [2.24, 2.45) is 0 Å². The lowest BCUT2D eigenvalue weighted by Gasteiger charge is -2.16. The number of carbonyl (C=O) groups is 1. The molecule has 3 heteroatoms. The quantitative estimate of drug-likeness (QED) is 0.811. The molecule has 2 aromatic rings. The van der Waals surface area contributed by atoms with Crippen molar-refractivity contribution in [2.75, 3.05) is 11.1 Å². The summed E-state index contributed by atoms with van der Waals surface area (Å²) in [6, 6.07) is 15.7. The summed E-state index contributed by atoms with van der Waals surface area (Å²) in [6.07, 6.45) is 1.40. The number of para-hydroxylation sites is 2. The Bertz CT molecular complexity index is 605. The highest BCUT2D eigenvalue weighted by Crippen LogP contribution is 2.25. The first-order valence-electron chi connectivity index (χ1n) is 7.31. The van der Waals surface area contributed by atoms with Crippen LogP contribution < -0.4 is 11.1 Å². The summed E-state index contributed by atoms with van der Waals surface area (Å²) in [5.41, 5.74) is 9.56. The second kappa shape index (κ2) is 6.93. The fourth-order valence-corrected chi connectivity index (χ4v) is 2.37. The Labute approximate surface area is 126 Å². The summed E-state index contributed by atoms with van der Waals surface area (Å²) in [7, 11) is 0. The lowest BCUT2D eigenvalue weighted by atomic mass is 9.92. The van der Waals surface area contributed by atoms with Gasteiger partial charge in [-0.3, -0.25) is 4.79 Å². The van der Waals surface area contributed by atoms with E-state index in [2.05, 4.69) is 43.4 Å². The van der Waals surface area contributed by atoms with Crippen molar-refractivity contribution in [1.82, 2.24) is 0 Å². The second-order valence-electron chi connectivity index (χ2n) is 5.36. The van der Waals surface area contributed by atoms with Crippen LogP contribution in [0.5, 0.6) is 0 Å². The third-order valence-corrected chi connectivity index (χ3v) is 3.71. The van der Waals surface area contributed by atoms with E-state index in [9.17, 15) is 4.79 Å². The number of nitrogen functional groups attached to an aromatic ring is 1. The fraction of sp³-hybridized carbons (Fsp3) is 0.278. The van der Waals surface area contributed by atoms with Gasteiger partial charge in [-0.15, -0.1) is 0 Å². The van der Waals surface area contributed by atoms with Crippen molar-refractivity contribution in [1.29, 1.82) is 0 Å². The SMILES string of the molecule is CCC(CC(=O)Nc1ccccc1N)c1ccc(C)cc1. The molecule has 0 fully saturated rings. The van der Waals surface area contributed by atoms with Gasteiger partial charge in [-0.2, -0.15) is 0 Å². The van der Waals surface area contributed by atoms with E-state index < -0.39 is 0 Å². The molecule has 1 unspecified atom stereocenters. The monoisotopic (exact) mass is 282 g/mol. The van der Waals surface area contributed by atoms with Gasteiger partial charge in [-0.25, -0.2) is 0 Å². The van der Waals surface area contributed by atoms with Gasteiger partial charge < -0.3 is 11.1 Å². The van der Waals surface area contributed by atoms with Gasteiger partial charge in [0.25, 0.3) is 0 Å². The molecular weight excluding hydrogens is 260 g/mol. The normalized spacial score (nSPS) is 11.9. The Morgan fingerprint density at radius 2 is 1.81 bits per heavy atom. The third-order valence-electron chi connectivity index (χ3n) is 3.71. The number of nitrogens with two attached hydrogens (primary N) is 1. The number of carbonyl (C=O) groups excluding carboxylic acids is 1. The fourth-order valence-electron chi connectivity index (χ4n) is 2.37. The molecule has 0 saturated heterocycles. The Kier molecular flexibility index (Phi) is 4.99. The predicted octanol–water partition coefficient (Wildman–Crippen LogP) is 4.10. The van der Waals surface area contributed by atoms with Crippen LogP contribution in [0, 0.1) is 6.92 Å². The highest BCUT2D eigenvalue weighted by Gasteiger charge is 2.15. The zero-order valence-corrected chi connectivity index (χ0v) is 12.6. The van der Waals surface area contributed by atoms with E-state index in [0.717, 1.165) is 6.42 Å². The number of anilines is 2. The number of rotatable bonds is 5. The molecule has 0 aliphatic carbocycles. The standard InChI is InChI=1S/C18H22N2O/c1-3-14(15-10-8-13(2)9-11-15)12-18(21)20-17-7-5-4-6-16(17)19/h4-11,14H,3,12,19H2,1-2H3,(H,20,21). The van der Waals surface area contributed by atoms with Crippen LogP contribution in [0.3, 0.4) is 0 Å². The lowest BCUT2D eigenvalue weighted by Crippen LogP contribution is -2.16. The van der Waals surface area contributed by atoms with Crippen LogP contribution in [0.15, 0.2) is 48.5 Å². The summed E-state index contributed by atoms with van der Waals surface area (Å²) in [5.74, 6) is 0.232. The average Bonchev–Trinajstić information content (AvgIpc) is 2.48. The van der Waals surface area contributed by atoms with Crippen molar-refractivity contribution in [2.45, 2.75) is 32.6 Å². The predicted molar refractivity (Wildman–Crippen MR) is 88.3 cm³/mol. The van der Waals surface area contributed by atoms with E-state index >= 15 is 0 Å². The molecule has 0 heterocycles. The van der Waals surface area contributed by atoms with Crippen LogP contribution in [0.4, 0.5) is 11.4 Å². The first-order chi connectivity index (χ1) is 10.1. The topological polar surface area (TPSA) is 55.1 Å². The van der Waals surface area contributed by atoms with E-state index in [-0.39, 0.29) is 11.8 Å². The molecule has 0 aliphatic heterocycles. The van der Waals surface area contributed by atoms with E-state index in [1.807, 2.05) is 18.2 Å². The summed E-state index contributed by atoms with van der Waals surface area (Å²) in [5, 5.41) is 2.89. The van der Waals surface area contributed by atoms with Crippen LogP contribution in [0.25, 0.3) is 0 Å². The maximum absolute atomic E-state index is 12.2.